The van der Waals surface area contributed by atoms with Crippen molar-refractivity contribution < 1.29 is 14.6 Å². The van der Waals surface area contributed by atoms with Crippen molar-refractivity contribution in [3.8, 4) is 11.5 Å². The Kier molecular flexibility index (Phi) is 6.83. The van der Waals surface area contributed by atoms with Crippen molar-refractivity contribution in [3.63, 3.8) is 0 Å². The van der Waals surface area contributed by atoms with Gasteiger partial charge in [0.25, 0.3) is 5.91 Å². The molecular formula is C19H22N2O3. The lowest BCUT2D eigenvalue weighted by Gasteiger charge is -2.05. The molecule has 0 radical (unpaired) electrons. The molecule has 2 N–H and O–H groups in total. The summed E-state index contributed by atoms with van der Waals surface area (Å²) in [4.78, 5) is 11.8. The molecule has 1 amide bonds. The molecule has 0 aliphatic heterocycles. The van der Waals surface area contributed by atoms with Gasteiger partial charge >= 0.3 is 0 Å². The molecule has 24 heavy (non-hydrogen) atoms. The van der Waals surface area contributed by atoms with Crippen LogP contribution in [0.4, 0.5) is 0 Å². The van der Waals surface area contributed by atoms with E-state index in [1.807, 2.05) is 24.3 Å². The Morgan fingerprint density at radius 1 is 1.12 bits per heavy atom. The second kappa shape index (κ2) is 9.35. The standard InChI is InChI=1S/C19H22N2O3/c1-2-3-4-13-24-18-11-5-15(6-12-18)14-20-21-19(23)16-7-9-17(22)10-8-16/h5-12,14,22H,2-4,13H2,1H3,(H,21,23)/b20-14+. The number of amides is 1. The molecule has 0 atom stereocenters. The van der Waals surface area contributed by atoms with Crippen molar-refractivity contribution in [2.75, 3.05) is 6.61 Å². The molecular weight excluding hydrogens is 304 g/mol. The van der Waals surface area contributed by atoms with Crippen molar-refractivity contribution in [2.45, 2.75) is 26.2 Å². The minimum atomic E-state index is -0.331. The predicted molar refractivity (Wildman–Crippen MR) is 94.6 cm³/mol. The maximum atomic E-state index is 11.8. The molecule has 0 aliphatic rings. The lowest BCUT2D eigenvalue weighted by molar-refractivity contribution is 0.0955. The van der Waals surface area contributed by atoms with E-state index >= 15 is 0 Å². The van der Waals surface area contributed by atoms with Gasteiger partial charge in [-0.25, -0.2) is 5.43 Å². The topological polar surface area (TPSA) is 70.9 Å². The molecule has 2 aromatic carbocycles. The van der Waals surface area contributed by atoms with E-state index in [-0.39, 0.29) is 11.7 Å². The number of hydrogen-bond acceptors (Lipinski definition) is 4. The number of aromatic hydroxyl groups is 1. The molecule has 0 heterocycles. The van der Waals surface area contributed by atoms with Crippen molar-refractivity contribution in [1.29, 1.82) is 0 Å². The van der Waals surface area contributed by atoms with E-state index in [1.165, 1.54) is 37.1 Å². The van der Waals surface area contributed by atoms with Gasteiger partial charge in [0, 0.05) is 5.56 Å². The third-order valence-electron chi connectivity index (χ3n) is 3.41. The van der Waals surface area contributed by atoms with Gasteiger partial charge in [-0.3, -0.25) is 4.79 Å². The molecule has 2 rings (SSSR count). The number of hydrogen-bond donors (Lipinski definition) is 2. The van der Waals surface area contributed by atoms with Gasteiger partial charge in [-0.1, -0.05) is 19.8 Å². The highest BCUT2D eigenvalue weighted by Gasteiger charge is 2.03. The van der Waals surface area contributed by atoms with Crippen LogP contribution in [0.2, 0.25) is 0 Å². The van der Waals surface area contributed by atoms with E-state index in [0.717, 1.165) is 24.3 Å². The Labute approximate surface area is 142 Å². The number of nitrogens with one attached hydrogen (secondary N) is 1. The molecule has 0 bridgehead atoms. The molecule has 0 aromatic heterocycles. The first-order valence-corrected chi connectivity index (χ1v) is 8.04. The van der Waals surface area contributed by atoms with Gasteiger partial charge in [-0.05, 0) is 60.5 Å². The average molecular weight is 326 g/mol. The van der Waals surface area contributed by atoms with Crippen molar-refractivity contribution >= 4 is 12.1 Å². The van der Waals surface area contributed by atoms with Gasteiger partial charge < -0.3 is 9.84 Å². The fourth-order valence-corrected chi connectivity index (χ4v) is 2.03. The number of phenols is 1. The third kappa shape index (κ3) is 5.76. The van der Waals surface area contributed by atoms with Crippen LogP contribution in [-0.4, -0.2) is 23.8 Å². The zero-order valence-electron chi connectivity index (χ0n) is 13.7. The Hall–Kier alpha value is -2.82. The summed E-state index contributed by atoms with van der Waals surface area (Å²) < 4.78 is 5.64. The van der Waals surface area contributed by atoms with Crippen LogP contribution in [0, 0.1) is 0 Å². The van der Waals surface area contributed by atoms with E-state index in [1.54, 1.807) is 6.21 Å². The first-order chi connectivity index (χ1) is 11.7. The lowest BCUT2D eigenvalue weighted by atomic mass is 10.2. The summed E-state index contributed by atoms with van der Waals surface area (Å²) in [7, 11) is 0. The Bertz CT molecular complexity index is 664. The number of ether oxygens (including phenoxy) is 1. The van der Waals surface area contributed by atoms with Gasteiger partial charge in [-0.2, -0.15) is 5.10 Å². The molecule has 0 saturated heterocycles. The summed E-state index contributed by atoms with van der Waals surface area (Å²) >= 11 is 0. The zero-order chi connectivity index (χ0) is 17.2. The van der Waals surface area contributed by atoms with E-state index in [0.29, 0.717) is 5.56 Å². The highest BCUT2D eigenvalue weighted by molar-refractivity contribution is 5.94. The molecule has 126 valence electrons. The van der Waals surface area contributed by atoms with Crippen molar-refractivity contribution in [3.05, 3.63) is 59.7 Å². The summed E-state index contributed by atoms with van der Waals surface area (Å²) in [5.41, 5.74) is 3.74. The van der Waals surface area contributed by atoms with Crippen LogP contribution in [0.25, 0.3) is 0 Å². The monoisotopic (exact) mass is 326 g/mol. The van der Waals surface area contributed by atoms with E-state index < -0.39 is 0 Å². The Morgan fingerprint density at radius 3 is 2.50 bits per heavy atom. The molecule has 0 aliphatic carbocycles. The number of hydrazone groups is 1. The van der Waals surface area contributed by atoms with E-state index in [4.69, 9.17) is 4.74 Å². The van der Waals surface area contributed by atoms with Crippen LogP contribution in [-0.2, 0) is 0 Å². The van der Waals surface area contributed by atoms with Crippen LogP contribution in [0.15, 0.2) is 53.6 Å². The second-order valence-corrected chi connectivity index (χ2v) is 5.37. The summed E-state index contributed by atoms with van der Waals surface area (Å²) in [5, 5.41) is 13.1. The molecule has 0 spiro atoms. The quantitative estimate of drug-likeness (QED) is 0.441. The first kappa shape index (κ1) is 17.5. The third-order valence-corrected chi connectivity index (χ3v) is 3.41. The number of benzene rings is 2. The predicted octanol–water partition coefficient (Wildman–Crippen LogP) is 3.73. The van der Waals surface area contributed by atoms with Crippen LogP contribution < -0.4 is 10.2 Å². The second-order valence-electron chi connectivity index (χ2n) is 5.37. The fourth-order valence-electron chi connectivity index (χ4n) is 2.03. The number of rotatable bonds is 8. The zero-order valence-corrected chi connectivity index (χ0v) is 13.7. The van der Waals surface area contributed by atoms with Crippen molar-refractivity contribution in [1.82, 2.24) is 5.43 Å². The van der Waals surface area contributed by atoms with Gasteiger partial charge in [0.05, 0.1) is 12.8 Å². The van der Waals surface area contributed by atoms with Crippen LogP contribution >= 0.6 is 0 Å². The number of carbonyl (C=O) groups is 1. The normalized spacial score (nSPS) is 10.7. The number of nitrogens with zero attached hydrogens (tertiary/aromatic N) is 1. The molecule has 0 fully saturated rings. The van der Waals surface area contributed by atoms with Crippen molar-refractivity contribution in [2.24, 2.45) is 5.10 Å². The Morgan fingerprint density at radius 2 is 1.83 bits per heavy atom. The lowest BCUT2D eigenvalue weighted by Crippen LogP contribution is -2.17. The largest absolute Gasteiger partial charge is 0.508 e. The van der Waals surface area contributed by atoms with Gasteiger partial charge in [0.15, 0.2) is 0 Å². The molecule has 2 aromatic rings. The highest BCUT2D eigenvalue weighted by atomic mass is 16.5. The summed E-state index contributed by atoms with van der Waals surface area (Å²) in [6, 6.07) is 13.5. The van der Waals surface area contributed by atoms with Crippen LogP contribution in [0.3, 0.4) is 0 Å². The molecule has 5 nitrogen and oxygen atoms in total. The van der Waals surface area contributed by atoms with Gasteiger partial charge in [-0.15, -0.1) is 0 Å². The van der Waals surface area contributed by atoms with E-state index in [2.05, 4.69) is 17.5 Å². The number of phenolic OH excluding ortho intramolecular Hbond substituents is 1. The summed E-state index contributed by atoms with van der Waals surface area (Å²) in [5.74, 6) is 0.616. The number of unbranched alkanes of at least 4 members (excludes halogenated alkanes) is 2. The minimum Gasteiger partial charge on any atom is -0.508 e. The van der Waals surface area contributed by atoms with Gasteiger partial charge in [0.2, 0.25) is 0 Å². The maximum absolute atomic E-state index is 11.8. The smallest absolute Gasteiger partial charge is 0.271 e. The SMILES string of the molecule is CCCCCOc1ccc(/C=N/NC(=O)c2ccc(O)cc2)cc1. The highest BCUT2D eigenvalue weighted by Crippen LogP contribution is 2.12. The fraction of sp³-hybridized carbons (Fsp3) is 0.263. The molecule has 0 saturated carbocycles. The summed E-state index contributed by atoms with van der Waals surface area (Å²) in [6.07, 6.45) is 4.97. The Balaban J connectivity index is 1.81. The number of carbonyl (C=O) groups excluding carboxylic acids is 1. The van der Waals surface area contributed by atoms with E-state index in [9.17, 15) is 9.90 Å². The van der Waals surface area contributed by atoms with Crippen LogP contribution in [0.5, 0.6) is 11.5 Å². The van der Waals surface area contributed by atoms with Crippen LogP contribution in [0.1, 0.15) is 42.1 Å². The molecule has 0 unspecified atom stereocenters. The average Bonchev–Trinajstić information content (AvgIpc) is 2.60. The minimum absolute atomic E-state index is 0.118. The first-order valence-electron chi connectivity index (χ1n) is 8.04. The van der Waals surface area contributed by atoms with Gasteiger partial charge in [0.1, 0.15) is 11.5 Å². The molecule has 5 heteroatoms. The summed E-state index contributed by atoms with van der Waals surface area (Å²) in [6.45, 7) is 2.89. The maximum Gasteiger partial charge on any atom is 0.271 e.